The summed E-state index contributed by atoms with van der Waals surface area (Å²) in [5.41, 5.74) is 29.6. The summed E-state index contributed by atoms with van der Waals surface area (Å²) < 4.78 is 0. The Bertz CT molecular complexity index is 6770. The molecule has 20 rings (SSSR count). The molecule has 12 nitrogen and oxygen atoms in total. The van der Waals surface area contributed by atoms with E-state index < -0.39 is 0 Å². The molecule has 0 aliphatic heterocycles. The van der Waals surface area contributed by atoms with E-state index in [2.05, 4.69) is 240 Å². The van der Waals surface area contributed by atoms with Crippen molar-refractivity contribution in [2.45, 2.75) is 0 Å². The summed E-state index contributed by atoms with van der Waals surface area (Å²) in [6.07, 6.45) is 7.44. The second kappa shape index (κ2) is 34.3. The maximum atomic E-state index is 5.05. The number of rotatable bonds is 18. The van der Waals surface area contributed by atoms with Crippen LogP contribution in [-0.2, 0) is 0 Å². The summed E-state index contributed by atoms with van der Waals surface area (Å²) in [6, 6.07) is 141. The van der Waals surface area contributed by atoms with Crippen molar-refractivity contribution in [2.75, 3.05) is 0 Å². The van der Waals surface area contributed by atoms with Gasteiger partial charge in [0, 0.05) is 69.3 Å². The van der Waals surface area contributed by atoms with Crippen LogP contribution in [0, 0.1) is 0 Å². The number of nitrogens with zero attached hydrogens (tertiary/aromatic N) is 12. The maximum Gasteiger partial charge on any atom is 0.164 e. The second-order valence-corrected chi connectivity index (χ2v) is 28.8. The van der Waals surface area contributed by atoms with E-state index in [1.54, 1.807) is 12.4 Å². The van der Waals surface area contributed by atoms with Crippen LogP contribution in [0.4, 0.5) is 0 Å². The van der Waals surface area contributed by atoms with Gasteiger partial charge in [-0.15, -0.1) is 0 Å². The summed E-state index contributed by atoms with van der Waals surface area (Å²) in [7, 11) is 0. The predicted octanol–water partition coefficient (Wildman–Crippen LogP) is 26.1. The molecule has 0 aliphatic carbocycles. The summed E-state index contributed by atoms with van der Waals surface area (Å²) >= 11 is 0. The molecule has 0 saturated carbocycles. The first-order valence-electron chi connectivity index (χ1n) is 39.7. The lowest BCUT2D eigenvalue weighted by Crippen LogP contribution is -2.00. The molecule has 0 aliphatic rings. The SMILES string of the molecule is c1ccc(-c2ccc(-c3cc(-c4ccccn4)nc(-c4ccc(-c5ccc(-c6ccc(-c7nc(-c8ccccc8)nc(-c8ccccc8)n7)cc6)cc5)cn4)c3)cc2)cc1.c1ccc(-c2cccc(-c3cc(-c4ccccn4)nc(-c4ccc(-c5ccc(-c6ccc(-c7nc(-c8ccccc8)nc(-c8ccccc8)n7)cc6)cc5)cn4)c3)c2)cc1. The number of aromatic nitrogens is 12. The van der Waals surface area contributed by atoms with Gasteiger partial charge in [0.1, 0.15) is 0 Å². The molecule has 564 valence electrons. The molecule has 0 spiro atoms. The molecular weight excluding hydrogens is 1470 g/mol. The highest BCUT2D eigenvalue weighted by atomic mass is 15.0. The fourth-order valence-electron chi connectivity index (χ4n) is 14.6. The lowest BCUT2D eigenvalue weighted by molar-refractivity contribution is 1.07. The first-order valence-corrected chi connectivity index (χ1v) is 39.7. The van der Waals surface area contributed by atoms with E-state index in [9.17, 15) is 0 Å². The quantitative estimate of drug-likeness (QED) is 0.0803. The Labute approximate surface area is 695 Å². The molecule has 0 unspecified atom stereocenters. The van der Waals surface area contributed by atoms with Crippen molar-refractivity contribution in [1.29, 1.82) is 0 Å². The predicted molar refractivity (Wildman–Crippen MR) is 484 cm³/mol. The molecule has 0 fully saturated rings. The topological polar surface area (TPSA) is 155 Å². The standard InChI is InChI=1S/2C54H36N6/c1-4-13-37(14-5-1)44-19-12-20-45(33-44)47-34-50(48-21-10-11-32-55-48)57-51(35-47)49-31-30-46(36-56-49)40-24-22-38(23-25-40)39-26-28-43(29-27-39)54-59-52(41-15-6-2-7-16-41)58-53(60-54)42-17-8-3-9-18-42;1-4-12-37(13-5-1)38-21-25-42(26-22-38)47-34-50(48-18-10-11-33-55-48)57-51(35-47)49-32-31-46(36-56-49)41-23-19-39(20-24-41)40-27-29-45(30-28-40)54-59-52(43-14-6-2-7-15-43)58-53(60-54)44-16-8-3-9-17-44/h2*1-36H. The summed E-state index contributed by atoms with van der Waals surface area (Å²) in [6.45, 7) is 0. The second-order valence-electron chi connectivity index (χ2n) is 28.8. The molecule has 0 amide bonds. The van der Waals surface area contributed by atoms with Crippen molar-refractivity contribution in [3.05, 3.63) is 437 Å². The number of pyridine rings is 6. The first kappa shape index (κ1) is 73.7. The van der Waals surface area contributed by atoms with Gasteiger partial charge in [-0.1, -0.05) is 346 Å². The highest BCUT2D eigenvalue weighted by Gasteiger charge is 2.19. The molecule has 0 atom stereocenters. The van der Waals surface area contributed by atoms with E-state index in [0.29, 0.717) is 34.9 Å². The summed E-state index contributed by atoms with van der Waals surface area (Å²) in [5, 5.41) is 0. The van der Waals surface area contributed by atoms with E-state index >= 15 is 0 Å². The van der Waals surface area contributed by atoms with Crippen LogP contribution in [0.3, 0.4) is 0 Å². The molecule has 12 heteroatoms. The van der Waals surface area contributed by atoms with Gasteiger partial charge in [0.2, 0.25) is 0 Å². The van der Waals surface area contributed by atoms with Crippen molar-refractivity contribution in [3.8, 4) is 203 Å². The zero-order valence-electron chi connectivity index (χ0n) is 64.9. The molecule has 8 heterocycles. The molecule has 20 aromatic rings. The zero-order valence-corrected chi connectivity index (χ0v) is 64.9. The van der Waals surface area contributed by atoms with E-state index in [0.717, 1.165) is 151 Å². The van der Waals surface area contributed by atoms with E-state index in [1.807, 2.05) is 194 Å². The van der Waals surface area contributed by atoms with Crippen LogP contribution in [0.1, 0.15) is 0 Å². The van der Waals surface area contributed by atoms with Crippen LogP contribution in [-0.4, -0.2) is 59.8 Å². The molecule has 0 bridgehead atoms. The van der Waals surface area contributed by atoms with Crippen molar-refractivity contribution in [3.63, 3.8) is 0 Å². The van der Waals surface area contributed by atoms with Crippen molar-refractivity contribution in [2.24, 2.45) is 0 Å². The summed E-state index contributed by atoms with van der Waals surface area (Å²) in [5.74, 6) is 3.84. The smallest absolute Gasteiger partial charge is 0.164 e. The van der Waals surface area contributed by atoms with Crippen LogP contribution in [0.2, 0.25) is 0 Å². The van der Waals surface area contributed by atoms with Gasteiger partial charge in [0.05, 0.1) is 45.6 Å². The molecule has 0 saturated heterocycles. The Morgan fingerprint density at radius 1 is 0.108 bits per heavy atom. The Morgan fingerprint density at radius 2 is 0.308 bits per heavy atom. The molecule has 120 heavy (non-hydrogen) atoms. The van der Waals surface area contributed by atoms with Crippen LogP contribution >= 0.6 is 0 Å². The zero-order chi connectivity index (χ0) is 80.2. The Morgan fingerprint density at radius 3 is 0.583 bits per heavy atom. The highest BCUT2D eigenvalue weighted by molar-refractivity contribution is 5.83. The molecule has 0 N–H and O–H groups in total. The third-order valence-corrected chi connectivity index (χ3v) is 21.0. The van der Waals surface area contributed by atoms with Gasteiger partial charge in [-0.25, -0.2) is 39.9 Å². The van der Waals surface area contributed by atoms with Gasteiger partial charge in [-0.05, 0) is 145 Å². The molecule has 0 radical (unpaired) electrons. The minimum atomic E-state index is 0.632. The fourth-order valence-corrected chi connectivity index (χ4v) is 14.6. The fraction of sp³-hybridized carbons (Fsp3) is 0. The van der Waals surface area contributed by atoms with Gasteiger partial charge < -0.3 is 0 Å². The van der Waals surface area contributed by atoms with Crippen molar-refractivity contribution >= 4 is 0 Å². The van der Waals surface area contributed by atoms with E-state index in [-0.39, 0.29) is 0 Å². The number of benzene rings is 12. The van der Waals surface area contributed by atoms with Crippen molar-refractivity contribution in [1.82, 2.24) is 59.8 Å². The Kier molecular flexibility index (Phi) is 21.1. The average molecular weight is 1540 g/mol. The third kappa shape index (κ3) is 16.8. The van der Waals surface area contributed by atoms with Crippen molar-refractivity contribution < 1.29 is 0 Å². The largest absolute Gasteiger partial charge is 0.255 e. The molecule has 12 aromatic carbocycles. The monoisotopic (exact) mass is 1540 g/mol. The highest BCUT2D eigenvalue weighted by Crippen LogP contribution is 2.38. The average Bonchev–Trinajstić information content (AvgIpc) is 0.804. The van der Waals surface area contributed by atoms with Crippen LogP contribution in [0.5, 0.6) is 0 Å². The number of hydrogen-bond donors (Lipinski definition) is 0. The van der Waals surface area contributed by atoms with Gasteiger partial charge in [-0.3, -0.25) is 19.9 Å². The van der Waals surface area contributed by atoms with Crippen LogP contribution < -0.4 is 0 Å². The van der Waals surface area contributed by atoms with Crippen LogP contribution in [0.15, 0.2) is 437 Å². The van der Waals surface area contributed by atoms with E-state index in [4.69, 9.17) is 49.8 Å². The van der Waals surface area contributed by atoms with Gasteiger partial charge in [0.15, 0.2) is 34.9 Å². The normalized spacial score (nSPS) is 11.0. The third-order valence-electron chi connectivity index (χ3n) is 21.0. The lowest BCUT2D eigenvalue weighted by atomic mass is 9.97. The van der Waals surface area contributed by atoms with Crippen LogP contribution in [0.25, 0.3) is 203 Å². The minimum absolute atomic E-state index is 0.632. The van der Waals surface area contributed by atoms with Gasteiger partial charge >= 0.3 is 0 Å². The number of hydrogen-bond acceptors (Lipinski definition) is 12. The lowest BCUT2D eigenvalue weighted by Gasteiger charge is -2.11. The van der Waals surface area contributed by atoms with E-state index in [1.165, 1.54) is 16.7 Å². The molecule has 8 aromatic heterocycles. The summed E-state index contributed by atoms with van der Waals surface area (Å²) in [4.78, 5) is 58.4. The first-order chi connectivity index (χ1) is 59.4. The Balaban J connectivity index is 0.000000159. The van der Waals surface area contributed by atoms with Gasteiger partial charge in [-0.2, -0.15) is 0 Å². The van der Waals surface area contributed by atoms with Gasteiger partial charge in [0.25, 0.3) is 0 Å². The minimum Gasteiger partial charge on any atom is -0.255 e. The maximum absolute atomic E-state index is 5.05. The molecular formula is C108H72N12. The Hall–Kier alpha value is -16.4.